The van der Waals surface area contributed by atoms with Crippen molar-refractivity contribution in [3.8, 4) is 0 Å². The van der Waals surface area contributed by atoms with Crippen molar-refractivity contribution < 1.29 is 48.0 Å². The molecule has 0 aromatic heterocycles. The van der Waals surface area contributed by atoms with Crippen LogP contribution >= 0.6 is 0 Å². The van der Waals surface area contributed by atoms with Gasteiger partial charge in [-0.2, -0.15) is 0 Å². The molecule has 3 fully saturated rings. The molecule has 1 N–H and O–H groups in total. The quantitative estimate of drug-likeness (QED) is 0.261. The van der Waals surface area contributed by atoms with E-state index in [9.17, 15) is 24.3 Å². The summed E-state index contributed by atoms with van der Waals surface area (Å²) in [7, 11) is 0. The van der Waals surface area contributed by atoms with Crippen molar-refractivity contribution in [1.82, 2.24) is 0 Å². The van der Waals surface area contributed by atoms with Crippen molar-refractivity contribution in [2.75, 3.05) is 6.61 Å². The first kappa shape index (κ1) is 26.6. The monoisotopic (exact) mass is 508 g/mol. The molecule has 4 aliphatic rings. The Hall–Kier alpha value is -2.46. The summed E-state index contributed by atoms with van der Waals surface area (Å²) in [5.41, 5.74) is -3.09. The highest BCUT2D eigenvalue weighted by molar-refractivity contribution is 5.77. The molecule has 10 heteroatoms. The van der Waals surface area contributed by atoms with Crippen LogP contribution in [-0.2, 0) is 42.9 Å². The van der Waals surface area contributed by atoms with Crippen molar-refractivity contribution >= 4 is 23.9 Å². The van der Waals surface area contributed by atoms with E-state index in [4.69, 9.17) is 23.7 Å². The molecule has 36 heavy (non-hydrogen) atoms. The third-order valence-electron chi connectivity index (χ3n) is 8.62. The van der Waals surface area contributed by atoms with E-state index in [1.165, 1.54) is 20.8 Å². The lowest BCUT2D eigenvalue weighted by molar-refractivity contribution is -0.242. The van der Waals surface area contributed by atoms with Gasteiger partial charge in [-0.1, -0.05) is 12.5 Å². The lowest BCUT2D eigenvalue weighted by atomic mass is 9.52. The van der Waals surface area contributed by atoms with Gasteiger partial charge in [0.25, 0.3) is 0 Å². The number of epoxide rings is 1. The Bertz CT molecular complexity index is 983. The number of fused-ring (bicyclic) bond motifs is 3. The highest BCUT2D eigenvalue weighted by Crippen LogP contribution is 2.62. The third kappa shape index (κ3) is 4.22. The molecular formula is C26H36O10. The Morgan fingerprint density at radius 2 is 1.58 bits per heavy atom. The molecule has 2 aliphatic carbocycles. The summed E-state index contributed by atoms with van der Waals surface area (Å²) >= 11 is 0. The van der Waals surface area contributed by atoms with Crippen molar-refractivity contribution in [2.24, 2.45) is 17.3 Å². The topological polar surface area (TPSA) is 138 Å². The number of hydrogen-bond acceptors (Lipinski definition) is 10. The van der Waals surface area contributed by atoms with Gasteiger partial charge < -0.3 is 28.8 Å². The minimum Gasteiger partial charge on any atom is -0.462 e. The van der Waals surface area contributed by atoms with Crippen LogP contribution in [0.3, 0.4) is 0 Å². The molecule has 2 aliphatic heterocycles. The van der Waals surface area contributed by atoms with E-state index in [2.05, 4.69) is 0 Å². The lowest BCUT2D eigenvalue weighted by Gasteiger charge is -2.56. The number of rotatable bonds is 3. The molecule has 1 spiro atoms. The van der Waals surface area contributed by atoms with Gasteiger partial charge >= 0.3 is 23.9 Å². The highest BCUT2D eigenvalue weighted by atomic mass is 16.6. The zero-order valence-electron chi connectivity index (χ0n) is 21.7. The Labute approximate surface area is 210 Å². The molecule has 0 unspecified atom stereocenters. The second-order valence-electron chi connectivity index (χ2n) is 11.0. The lowest BCUT2D eigenvalue weighted by Crippen LogP contribution is -2.69. The molecule has 0 aromatic carbocycles. The molecule has 10 nitrogen and oxygen atoms in total. The third-order valence-corrected chi connectivity index (χ3v) is 8.62. The van der Waals surface area contributed by atoms with Crippen LogP contribution in [0.15, 0.2) is 11.6 Å². The predicted octanol–water partition coefficient (Wildman–Crippen LogP) is 2.00. The van der Waals surface area contributed by atoms with E-state index < -0.39 is 76.7 Å². The Balaban J connectivity index is 2.00. The predicted molar refractivity (Wildman–Crippen MR) is 123 cm³/mol. The Morgan fingerprint density at radius 1 is 1.03 bits per heavy atom. The van der Waals surface area contributed by atoms with Crippen molar-refractivity contribution in [3.05, 3.63) is 11.6 Å². The summed E-state index contributed by atoms with van der Waals surface area (Å²) in [5, 5.41) is 12.3. The average Bonchev–Trinajstić information content (AvgIpc) is 3.50. The number of esters is 4. The standard InChI is InChI=1S/C26H36O10/c1-13-7-8-18(33-15(3)27)24(6)19(34-16(4)28)9-10-25(12-32-25)21(24)22(35-17(5)29)26(31)14(2)23(30)36-20(26)11-13/h11,14,18-22,31H,7-10,12H2,1-6H3/b13-11-/t14-,18-,19-,20-,21+,22-,24-,25-,26-/m1/s1. The molecule has 2 saturated heterocycles. The largest absolute Gasteiger partial charge is 0.462 e. The molecule has 200 valence electrons. The minimum absolute atomic E-state index is 0.323. The second kappa shape index (κ2) is 9.13. The maximum absolute atomic E-state index is 12.8. The summed E-state index contributed by atoms with van der Waals surface area (Å²) in [4.78, 5) is 49.8. The van der Waals surface area contributed by atoms with Crippen LogP contribution < -0.4 is 0 Å². The zero-order valence-corrected chi connectivity index (χ0v) is 21.7. The van der Waals surface area contributed by atoms with Gasteiger partial charge in [0.15, 0.2) is 11.7 Å². The summed E-state index contributed by atoms with van der Waals surface area (Å²) in [5.74, 6) is -4.10. The number of allylic oxidation sites excluding steroid dienone is 1. The van der Waals surface area contributed by atoms with Crippen LogP contribution in [0.2, 0.25) is 0 Å². The van der Waals surface area contributed by atoms with Gasteiger partial charge in [0.2, 0.25) is 0 Å². The maximum atomic E-state index is 12.8. The van der Waals surface area contributed by atoms with Crippen LogP contribution in [0.5, 0.6) is 0 Å². The second-order valence-corrected chi connectivity index (χ2v) is 11.0. The Kier molecular flexibility index (Phi) is 6.75. The van der Waals surface area contributed by atoms with E-state index in [1.54, 1.807) is 13.0 Å². The number of carbonyl (C=O) groups excluding carboxylic acids is 4. The van der Waals surface area contributed by atoms with E-state index in [0.29, 0.717) is 32.3 Å². The summed E-state index contributed by atoms with van der Waals surface area (Å²) in [6.07, 6.45) is -0.416. The minimum atomic E-state index is -1.94. The zero-order chi connectivity index (χ0) is 26.6. The molecule has 2 heterocycles. The number of ether oxygens (including phenoxy) is 5. The van der Waals surface area contributed by atoms with Crippen LogP contribution in [-0.4, -0.2) is 71.2 Å². The van der Waals surface area contributed by atoms with E-state index in [0.717, 1.165) is 5.57 Å². The first-order chi connectivity index (χ1) is 16.8. The fourth-order valence-electron chi connectivity index (χ4n) is 6.76. The SMILES string of the molecule is CC(=O)O[C@@H]1[C@@H]2[C@@]3(CC[C@@H](OC(C)=O)[C@@]2(C)[C@H](OC(C)=O)CC/C(C)=C\[C@H]2OC(=O)[C@@H](C)[C@]12O)CO3. The van der Waals surface area contributed by atoms with E-state index in [1.807, 2.05) is 13.8 Å². The maximum Gasteiger partial charge on any atom is 0.312 e. The van der Waals surface area contributed by atoms with Crippen molar-refractivity contribution in [3.63, 3.8) is 0 Å². The molecule has 0 amide bonds. The van der Waals surface area contributed by atoms with Gasteiger partial charge in [-0.15, -0.1) is 0 Å². The molecular weight excluding hydrogens is 472 g/mol. The Morgan fingerprint density at radius 3 is 2.11 bits per heavy atom. The van der Waals surface area contributed by atoms with E-state index >= 15 is 0 Å². The number of carbonyl (C=O) groups is 4. The number of aliphatic hydroxyl groups is 1. The summed E-state index contributed by atoms with van der Waals surface area (Å²) < 4.78 is 29.2. The van der Waals surface area contributed by atoms with Crippen LogP contribution in [0.4, 0.5) is 0 Å². The first-order valence-electron chi connectivity index (χ1n) is 12.5. The van der Waals surface area contributed by atoms with Crippen molar-refractivity contribution in [2.45, 2.75) is 103 Å². The van der Waals surface area contributed by atoms with Gasteiger partial charge in [0.05, 0.1) is 23.5 Å². The summed E-state index contributed by atoms with van der Waals surface area (Å²) in [6, 6.07) is 0. The fourth-order valence-corrected chi connectivity index (χ4v) is 6.76. The highest BCUT2D eigenvalue weighted by Gasteiger charge is 2.74. The van der Waals surface area contributed by atoms with E-state index in [-0.39, 0.29) is 0 Å². The summed E-state index contributed by atoms with van der Waals surface area (Å²) in [6.45, 7) is 9.38. The smallest absolute Gasteiger partial charge is 0.312 e. The average molecular weight is 509 g/mol. The number of hydrogen-bond donors (Lipinski definition) is 1. The molecule has 1 saturated carbocycles. The molecule has 4 rings (SSSR count). The molecule has 0 bridgehead atoms. The fraction of sp³-hybridized carbons (Fsp3) is 0.769. The molecule has 9 atom stereocenters. The van der Waals surface area contributed by atoms with Gasteiger partial charge in [-0.3, -0.25) is 19.2 Å². The first-order valence-corrected chi connectivity index (χ1v) is 12.5. The van der Waals surface area contributed by atoms with Crippen LogP contribution in [0, 0.1) is 17.3 Å². The molecule has 0 aromatic rings. The van der Waals surface area contributed by atoms with Gasteiger partial charge in [-0.25, -0.2) is 0 Å². The molecule has 0 radical (unpaired) electrons. The normalized spacial score (nSPS) is 45.3. The van der Waals surface area contributed by atoms with Gasteiger partial charge in [-0.05, 0) is 45.6 Å². The van der Waals surface area contributed by atoms with Gasteiger partial charge in [0, 0.05) is 26.7 Å². The van der Waals surface area contributed by atoms with Crippen LogP contribution in [0.1, 0.15) is 67.2 Å². The van der Waals surface area contributed by atoms with Gasteiger partial charge in [0.1, 0.15) is 18.3 Å². The van der Waals surface area contributed by atoms with Crippen molar-refractivity contribution in [1.29, 1.82) is 0 Å². The van der Waals surface area contributed by atoms with Crippen LogP contribution in [0.25, 0.3) is 0 Å².